The Bertz CT molecular complexity index is 1210. The number of aryl methyl sites for hydroxylation is 1. The average Bonchev–Trinajstić information content (AvgIpc) is 3.48. The Morgan fingerprint density at radius 2 is 1.88 bits per heavy atom. The van der Waals surface area contributed by atoms with Gasteiger partial charge in [0.15, 0.2) is 17.5 Å². The van der Waals surface area contributed by atoms with E-state index in [0.29, 0.717) is 11.5 Å². The van der Waals surface area contributed by atoms with Crippen molar-refractivity contribution in [1.82, 2.24) is 15.1 Å². The monoisotopic (exact) mass is 472 g/mol. The molecule has 34 heavy (non-hydrogen) atoms. The van der Waals surface area contributed by atoms with Crippen molar-refractivity contribution >= 4 is 11.7 Å². The van der Waals surface area contributed by atoms with Gasteiger partial charge in [0.2, 0.25) is 6.79 Å². The number of ether oxygens (including phenoxy) is 2. The molecule has 0 saturated carbocycles. The number of fused-ring (bicyclic) bond motifs is 2. The quantitative estimate of drug-likeness (QED) is 0.560. The maximum absolute atomic E-state index is 13.9. The second kappa shape index (κ2) is 8.58. The van der Waals surface area contributed by atoms with E-state index < -0.39 is 24.2 Å². The lowest BCUT2D eigenvalue weighted by Gasteiger charge is -2.34. The number of anilines is 1. The molecule has 2 aromatic carbocycles. The van der Waals surface area contributed by atoms with E-state index in [-0.39, 0.29) is 31.1 Å². The van der Waals surface area contributed by atoms with Crippen molar-refractivity contribution in [2.75, 3.05) is 12.1 Å². The molecule has 0 fully saturated rings. The molecule has 0 spiro atoms. The maximum Gasteiger partial charge on any atom is 0.410 e. The molecule has 0 aliphatic carbocycles. The molecular weight excluding hydrogens is 449 g/mol. The number of hydrogen-bond donors (Lipinski definition) is 2. The molecule has 0 saturated heterocycles. The van der Waals surface area contributed by atoms with Crippen molar-refractivity contribution in [2.24, 2.45) is 0 Å². The first-order valence-electron chi connectivity index (χ1n) is 11.0. The largest absolute Gasteiger partial charge is 0.454 e. The Kier molecular flexibility index (Phi) is 5.59. The molecule has 1 aromatic heterocycles. The van der Waals surface area contributed by atoms with Gasteiger partial charge in [-0.15, -0.1) is 0 Å². The number of rotatable bonds is 5. The molecule has 0 bridgehead atoms. The van der Waals surface area contributed by atoms with Crippen molar-refractivity contribution < 1.29 is 27.4 Å². The highest BCUT2D eigenvalue weighted by Crippen LogP contribution is 2.44. The number of hydrogen-bond acceptors (Lipinski definition) is 5. The first-order chi connectivity index (χ1) is 16.3. The fraction of sp³-hybridized carbons (Fsp3) is 0.333. The molecule has 1 amide bonds. The number of halogens is 3. The lowest BCUT2D eigenvalue weighted by atomic mass is 9.95. The molecule has 5 rings (SSSR count). The zero-order valence-corrected chi connectivity index (χ0v) is 18.4. The van der Waals surface area contributed by atoms with Gasteiger partial charge >= 0.3 is 6.18 Å². The van der Waals surface area contributed by atoms with Gasteiger partial charge in [-0.2, -0.15) is 18.3 Å². The Labute approximate surface area is 193 Å². The summed E-state index contributed by atoms with van der Waals surface area (Å²) in [4.78, 5) is 12.9. The summed E-state index contributed by atoms with van der Waals surface area (Å²) in [5.74, 6) is 0.748. The van der Waals surface area contributed by atoms with Crippen molar-refractivity contribution in [1.29, 1.82) is 0 Å². The van der Waals surface area contributed by atoms with Gasteiger partial charge in [-0.05, 0) is 35.2 Å². The first kappa shape index (κ1) is 22.1. The fourth-order valence-corrected chi connectivity index (χ4v) is 4.26. The molecule has 2 aliphatic heterocycles. The molecule has 3 aromatic rings. The van der Waals surface area contributed by atoms with Crippen LogP contribution in [0.25, 0.3) is 0 Å². The second-order valence-electron chi connectivity index (χ2n) is 8.31. The Hall–Kier alpha value is -3.69. The van der Waals surface area contributed by atoms with Crippen molar-refractivity contribution in [3.05, 3.63) is 70.9 Å². The van der Waals surface area contributed by atoms with Crippen molar-refractivity contribution in [3.63, 3.8) is 0 Å². The topological polar surface area (TPSA) is 77.4 Å². The predicted molar refractivity (Wildman–Crippen MR) is 118 cm³/mol. The molecule has 3 heterocycles. The van der Waals surface area contributed by atoms with E-state index in [9.17, 15) is 18.0 Å². The summed E-state index contributed by atoms with van der Waals surface area (Å²) in [7, 11) is 0. The van der Waals surface area contributed by atoms with Gasteiger partial charge in [0.1, 0.15) is 11.4 Å². The van der Waals surface area contributed by atoms with Crippen molar-refractivity contribution in [3.8, 4) is 11.5 Å². The molecule has 2 N–H and O–H groups in total. The van der Waals surface area contributed by atoms with Crippen LogP contribution in [0.15, 0.2) is 48.7 Å². The van der Waals surface area contributed by atoms with Crippen molar-refractivity contribution in [2.45, 2.75) is 44.6 Å². The third-order valence-corrected chi connectivity index (χ3v) is 6.16. The second-order valence-corrected chi connectivity index (χ2v) is 8.31. The Balaban J connectivity index is 1.38. The molecule has 0 radical (unpaired) electrons. The summed E-state index contributed by atoms with van der Waals surface area (Å²) in [6.45, 7) is 2.33. The highest BCUT2D eigenvalue weighted by atomic mass is 19.4. The van der Waals surface area contributed by atoms with E-state index >= 15 is 0 Å². The lowest BCUT2D eigenvalue weighted by molar-refractivity contribution is -0.173. The van der Waals surface area contributed by atoms with E-state index in [0.717, 1.165) is 27.8 Å². The maximum atomic E-state index is 13.9. The number of carbonyl (C=O) groups excluding carboxylic acids is 1. The van der Waals surface area contributed by atoms with E-state index in [1.807, 2.05) is 31.2 Å². The number of benzene rings is 2. The minimum atomic E-state index is -4.51. The van der Waals surface area contributed by atoms with Crippen LogP contribution in [-0.4, -0.2) is 28.7 Å². The van der Waals surface area contributed by atoms with Gasteiger partial charge in [0.25, 0.3) is 5.91 Å². The summed E-state index contributed by atoms with van der Waals surface area (Å²) in [6.07, 6.45) is -2.71. The highest BCUT2D eigenvalue weighted by molar-refractivity contribution is 5.98. The van der Waals surface area contributed by atoms with Gasteiger partial charge in [-0.1, -0.05) is 37.3 Å². The normalized spacial score (nSPS) is 18.8. The minimum Gasteiger partial charge on any atom is -0.454 e. The van der Waals surface area contributed by atoms with Crippen LogP contribution in [0.3, 0.4) is 0 Å². The number of carbonyl (C=O) groups is 1. The van der Waals surface area contributed by atoms with Crippen LogP contribution in [0.2, 0.25) is 0 Å². The smallest absolute Gasteiger partial charge is 0.410 e. The van der Waals surface area contributed by atoms with Crippen LogP contribution < -0.4 is 20.1 Å². The number of aromatic nitrogens is 2. The minimum absolute atomic E-state index is 0.0568. The summed E-state index contributed by atoms with van der Waals surface area (Å²) >= 11 is 0. The molecular formula is C24H23F3N4O3. The zero-order chi connectivity index (χ0) is 23.9. The molecule has 2 unspecified atom stereocenters. The number of nitrogens with zero attached hydrogens (tertiary/aromatic N) is 2. The molecule has 7 nitrogen and oxygen atoms in total. The van der Waals surface area contributed by atoms with Gasteiger partial charge < -0.3 is 20.1 Å². The number of alkyl halides is 3. The van der Waals surface area contributed by atoms with Crippen LogP contribution in [-0.2, 0) is 13.0 Å². The standard InChI is InChI=1S/C24H23F3N4O3/c1-2-14-3-6-16(7-4-14)18-10-21(24(25,26)27)31-22(30-18)17(12-29-31)23(32)28-11-15-5-8-19-20(9-15)34-13-33-19/h3-9,12,18,21,30H,2,10-11,13H2,1H3,(H,28,32). The third-order valence-electron chi connectivity index (χ3n) is 6.16. The molecule has 178 valence electrons. The lowest BCUT2D eigenvalue weighted by Crippen LogP contribution is -2.36. The van der Waals surface area contributed by atoms with Crippen LogP contribution in [0.4, 0.5) is 19.0 Å². The third kappa shape index (κ3) is 4.15. The summed E-state index contributed by atoms with van der Waals surface area (Å²) < 4.78 is 53.2. The Morgan fingerprint density at radius 1 is 1.15 bits per heavy atom. The highest BCUT2D eigenvalue weighted by Gasteiger charge is 2.47. The molecule has 2 aliphatic rings. The predicted octanol–water partition coefficient (Wildman–Crippen LogP) is 4.76. The van der Waals surface area contributed by atoms with Crippen LogP contribution >= 0.6 is 0 Å². The van der Waals surface area contributed by atoms with E-state index in [1.165, 1.54) is 6.20 Å². The van der Waals surface area contributed by atoms with Gasteiger partial charge in [0, 0.05) is 13.0 Å². The summed E-state index contributed by atoms with van der Waals surface area (Å²) in [5, 5.41) is 9.79. The molecule has 2 atom stereocenters. The van der Waals surface area contributed by atoms with E-state index in [4.69, 9.17) is 9.47 Å². The number of amides is 1. The van der Waals surface area contributed by atoms with Crippen LogP contribution in [0.5, 0.6) is 11.5 Å². The fourth-order valence-electron chi connectivity index (χ4n) is 4.26. The SMILES string of the molecule is CCc1ccc(C2CC(C(F)(F)F)n3ncc(C(=O)NCc4ccc5c(c4)OCO5)c3N2)cc1. The van der Waals surface area contributed by atoms with Crippen LogP contribution in [0, 0.1) is 0 Å². The molecule has 10 heteroatoms. The van der Waals surface area contributed by atoms with E-state index in [2.05, 4.69) is 15.7 Å². The van der Waals surface area contributed by atoms with Gasteiger partial charge in [-0.25, -0.2) is 4.68 Å². The van der Waals surface area contributed by atoms with Gasteiger partial charge in [-0.3, -0.25) is 4.79 Å². The van der Waals surface area contributed by atoms with E-state index in [1.54, 1.807) is 18.2 Å². The summed E-state index contributed by atoms with van der Waals surface area (Å²) in [5.41, 5.74) is 2.66. The van der Waals surface area contributed by atoms with Crippen LogP contribution in [0.1, 0.15) is 52.5 Å². The summed E-state index contributed by atoms with van der Waals surface area (Å²) in [6, 6.07) is 10.3. The Morgan fingerprint density at radius 3 is 2.62 bits per heavy atom. The van der Waals surface area contributed by atoms with Gasteiger partial charge in [0.05, 0.1) is 12.2 Å². The first-order valence-corrected chi connectivity index (χ1v) is 11.0. The number of nitrogens with one attached hydrogen (secondary N) is 2. The zero-order valence-electron chi connectivity index (χ0n) is 18.4. The average molecular weight is 472 g/mol.